The summed E-state index contributed by atoms with van der Waals surface area (Å²) in [5.41, 5.74) is 0.729. The zero-order valence-electron chi connectivity index (χ0n) is 8.84. The summed E-state index contributed by atoms with van der Waals surface area (Å²) in [5.74, 6) is -0.589. The molecule has 0 radical (unpaired) electrons. The Morgan fingerprint density at radius 1 is 1.35 bits per heavy atom. The zero-order valence-corrected chi connectivity index (χ0v) is 10.5. The molecule has 0 aliphatic rings. The van der Waals surface area contributed by atoms with Crippen LogP contribution in [0, 0.1) is 12.7 Å². The Labute approximate surface area is 102 Å². The maximum atomic E-state index is 12.9. The Morgan fingerprint density at radius 3 is 2.71 bits per heavy atom. The average molecular weight is 272 g/mol. The van der Waals surface area contributed by atoms with Crippen molar-refractivity contribution in [2.45, 2.75) is 11.8 Å². The van der Waals surface area contributed by atoms with E-state index in [1.807, 2.05) is 0 Å². The van der Waals surface area contributed by atoms with Gasteiger partial charge in [0, 0.05) is 0 Å². The molecule has 1 aromatic heterocycles. The van der Waals surface area contributed by atoms with Gasteiger partial charge < -0.3 is 0 Å². The number of anilines is 1. The van der Waals surface area contributed by atoms with E-state index in [0.29, 0.717) is 5.00 Å². The summed E-state index contributed by atoms with van der Waals surface area (Å²) < 4.78 is 43.0. The predicted molar refractivity (Wildman–Crippen MR) is 64.1 cm³/mol. The molecular formula is C10H9FN2O2S2. The van der Waals surface area contributed by atoms with Crippen LogP contribution in [0.4, 0.5) is 9.39 Å². The fourth-order valence-corrected chi connectivity index (χ4v) is 3.20. The highest BCUT2D eigenvalue weighted by Gasteiger charge is 2.15. The van der Waals surface area contributed by atoms with Gasteiger partial charge in [-0.3, -0.25) is 4.72 Å². The lowest BCUT2D eigenvalue weighted by atomic mass is 10.4. The monoisotopic (exact) mass is 272 g/mol. The number of nitrogens with zero attached hydrogens (tertiary/aromatic N) is 1. The van der Waals surface area contributed by atoms with Crippen LogP contribution in [-0.4, -0.2) is 12.8 Å². The highest BCUT2D eigenvalue weighted by atomic mass is 32.2. The van der Waals surface area contributed by atoms with Crippen molar-refractivity contribution in [1.29, 1.82) is 0 Å². The van der Waals surface area contributed by atoms with Crippen molar-refractivity contribution in [3.63, 3.8) is 0 Å². The van der Waals surface area contributed by atoms with Crippen molar-refractivity contribution in [2.75, 3.05) is 4.72 Å². The van der Waals surface area contributed by atoms with Gasteiger partial charge in [-0.1, -0.05) is 6.07 Å². The number of aryl methyl sites for hydroxylation is 1. The molecule has 0 fully saturated rings. The second-order valence-electron chi connectivity index (χ2n) is 3.40. The van der Waals surface area contributed by atoms with Gasteiger partial charge in [0.05, 0.1) is 10.6 Å². The van der Waals surface area contributed by atoms with Crippen LogP contribution >= 0.6 is 11.5 Å². The molecule has 4 nitrogen and oxygen atoms in total. The summed E-state index contributed by atoms with van der Waals surface area (Å²) in [5, 5.41) is 0.409. The summed E-state index contributed by atoms with van der Waals surface area (Å²) in [4.78, 5) is -0.108. The zero-order chi connectivity index (χ0) is 12.5. The number of hydrogen-bond acceptors (Lipinski definition) is 4. The van der Waals surface area contributed by atoms with Crippen LogP contribution in [0.25, 0.3) is 0 Å². The molecule has 0 saturated carbocycles. The standard InChI is InChI=1S/C10H9FN2O2S2/c1-7-5-10(16-12-7)13-17(14,15)9-4-2-3-8(11)6-9/h2-6,13H,1H3. The Kier molecular flexibility index (Phi) is 3.12. The molecule has 0 saturated heterocycles. The van der Waals surface area contributed by atoms with Gasteiger partial charge in [-0.15, -0.1) is 0 Å². The van der Waals surface area contributed by atoms with Gasteiger partial charge in [-0.2, -0.15) is 4.37 Å². The van der Waals surface area contributed by atoms with Gasteiger partial charge in [0.2, 0.25) is 0 Å². The molecule has 0 atom stereocenters. The topological polar surface area (TPSA) is 59.1 Å². The molecule has 7 heteroatoms. The van der Waals surface area contributed by atoms with Crippen LogP contribution in [0.5, 0.6) is 0 Å². The van der Waals surface area contributed by atoms with Crippen molar-refractivity contribution < 1.29 is 12.8 Å². The highest BCUT2D eigenvalue weighted by Crippen LogP contribution is 2.20. The van der Waals surface area contributed by atoms with Crippen LogP contribution in [-0.2, 0) is 10.0 Å². The van der Waals surface area contributed by atoms with Crippen molar-refractivity contribution in [3.8, 4) is 0 Å². The maximum absolute atomic E-state index is 12.9. The summed E-state index contributed by atoms with van der Waals surface area (Å²) in [6.45, 7) is 1.76. The normalized spacial score (nSPS) is 11.4. The Balaban J connectivity index is 2.31. The molecule has 1 N–H and O–H groups in total. The summed E-state index contributed by atoms with van der Waals surface area (Å²) in [6, 6.07) is 6.45. The molecule has 1 aromatic carbocycles. The summed E-state index contributed by atoms with van der Waals surface area (Å²) in [6.07, 6.45) is 0. The smallest absolute Gasteiger partial charge is 0.262 e. The summed E-state index contributed by atoms with van der Waals surface area (Å²) in [7, 11) is -3.74. The summed E-state index contributed by atoms with van der Waals surface area (Å²) >= 11 is 1.04. The van der Waals surface area contributed by atoms with Crippen LogP contribution in [0.3, 0.4) is 0 Å². The SMILES string of the molecule is Cc1cc(NS(=O)(=O)c2cccc(F)c2)sn1. The molecule has 17 heavy (non-hydrogen) atoms. The molecule has 0 unspecified atom stereocenters. The number of halogens is 1. The predicted octanol–water partition coefficient (Wildman–Crippen LogP) is 2.39. The molecule has 0 bridgehead atoms. The second kappa shape index (κ2) is 4.42. The fourth-order valence-electron chi connectivity index (χ4n) is 1.24. The van der Waals surface area contributed by atoms with Gasteiger partial charge in [-0.05, 0) is 42.7 Å². The molecule has 2 aromatic rings. The third kappa shape index (κ3) is 2.80. The van der Waals surface area contributed by atoms with Crippen molar-refractivity contribution in [3.05, 3.63) is 41.8 Å². The molecule has 1 heterocycles. The van der Waals surface area contributed by atoms with E-state index in [0.717, 1.165) is 23.3 Å². The van der Waals surface area contributed by atoms with E-state index in [9.17, 15) is 12.8 Å². The minimum atomic E-state index is -3.74. The fraction of sp³-hybridized carbons (Fsp3) is 0.100. The van der Waals surface area contributed by atoms with Gasteiger partial charge >= 0.3 is 0 Å². The molecular weight excluding hydrogens is 263 g/mol. The molecule has 0 amide bonds. The van der Waals surface area contributed by atoms with Crippen molar-refractivity contribution in [2.24, 2.45) is 0 Å². The number of hydrogen-bond donors (Lipinski definition) is 1. The van der Waals surface area contributed by atoms with Gasteiger partial charge in [0.15, 0.2) is 0 Å². The lowest BCUT2D eigenvalue weighted by Crippen LogP contribution is -2.12. The van der Waals surface area contributed by atoms with E-state index in [1.165, 1.54) is 18.2 Å². The first-order chi connectivity index (χ1) is 7.97. The van der Waals surface area contributed by atoms with E-state index in [1.54, 1.807) is 13.0 Å². The van der Waals surface area contributed by atoms with Crippen LogP contribution in [0.15, 0.2) is 35.2 Å². The van der Waals surface area contributed by atoms with E-state index in [2.05, 4.69) is 9.10 Å². The molecule has 90 valence electrons. The van der Waals surface area contributed by atoms with E-state index >= 15 is 0 Å². The first-order valence-corrected chi connectivity index (χ1v) is 6.95. The first kappa shape index (κ1) is 12.0. The van der Waals surface area contributed by atoms with Gasteiger partial charge in [-0.25, -0.2) is 12.8 Å². The Bertz CT molecular complexity index is 637. The van der Waals surface area contributed by atoms with Crippen LogP contribution in [0.1, 0.15) is 5.69 Å². The second-order valence-corrected chi connectivity index (χ2v) is 5.88. The number of rotatable bonds is 3. The minimum absolute atomic E-state index is 0.108. The maximum Gasteiger partial charge on any atom is 0.262 e. The molecule has 2 rings (SSSR count). The Hall–Kier alpha value is -1.47. The number of sulfonamides is 1. The first-order valence-electron chi connectivity index (χ1n) is 4.69. The van der Waals surface area contributed by atoms with E-state index < -0.39 is 15.8 Å². The van der Waals surface area contributed by atoms with E-state index in [-0.39, 0.29) is 4.90 Å². The minimum Gasteiger partial charge on any atom is -0.269 e. The van der Waals surface area contributed by atoms with Crippen molar-refractivity contribution in [1.82, 2.24) is 4.37 Å². The van der Waals surface area contributed by atoms with Crippen LogP contribution in [0.2, 0.25) is 0 Å². The van der Waals surface area contributed by atoms with Crippen LogP contribution < -0.4 is 4.72 Å². The molecule has 0 aliphatic heterocycles. The van der Waals surface area contributed by atoms with Gasteiger partial charge in [0.25, 0.3) is 10.0 Å². The molecule has 0 spiro atoms. The highest BCUT2D eigenvalue weighted by molar-refractivity contribution is 7.93. The Morgan fingerprint density at radius 2 is 2.12 bits per heavy atom. The largest absolute Gasteiger partial charge is 0.269 e. The number of nitrogens with one attached hydrogen (secondary N) is 1. The van der Waals surface area contributed by atoms with Crippen molar-refractivity contribution >= 4 is 26.6 Å². The third-order valence-corrected chi connectivity index (χ3v) is 4.26. The van der Waals surface area contributed by atoms with E-state index in [4.69, 9.17) is 0 Å². The number of aromatic nitrogens is 1. The average Bonchev–Trinajstić information content (AvgIpc) is 2.63. The van der Waals surface area contributed by atoms with Gasteiger partial charge in [0.1, 0.15) is 10.8 Å². The quantitative estimate of drug-likeness (QED) is 0.933. The number of benzene rings is 1. The lowest BCUT2D eigenvalue weighted by Gasteiger charge is -2.04. The molecule has 0 aliphatic carbocycles. The lowest BCUT2D eigenvalue weighted by molar-refractivity contribution is 0.595. The third-order valence-electron chi connectivity index (χ3n) is 1.97.